The first-order valence-electron chi connectivity index (χ1n) is 6.54. The van der Waals surface area contributed by atoms with Crippen molar-refractivity contribution in [3.05, 3.63) is 0 Å². The van der Waals surface area contributed by atoms with Crippen molar-refractivity contribution in [3.8, 4) is 0 Å². The van der Waals surface area contributed by atoms with Crippen LogP contribution >= 0.6 is 0 Å². The molecule has 1 amide bonds. The number of carbonyl (C=O) groups excluding carboxylic acids is 1. The maximum atomic E-state index is 11.5. The van der Waals surface area contributed by atoms with Gasteiger partial charge in [-0.15, -0.1) is 0 Å². The molecule has 1 aliphatic heterocycles. The predicted octanol–water partition coefficient (Wildman–Crippen LogP) is 0.541. The lowest BCUT2D eigenvalue weighted by Gasteiger charge is -2.31. The minimum atomic E-state index is -0.928. The molecule has 0 aromatic carbocycles. The average Bonchev–Trinajstić information content (AvgIpc) is 2.75. The van der Waals surface area contributed by atoms with Crippen molar-refractivity contribution in [3.63, 3.8) is 0 Å². The van der Waals surface area contributed by atoms with Crippen LogP contribution in [-0.4, -0.2) is 58.1 Å². The summed E-state index contributed by atoms with van der Waals surface area (Å²) >= 11 is 0. The number of carbonyl (C=O) groups is 3. The van der Waals surface area contributed by atoms with Crippen LogP contribution in [0.25, 0.3) is 0 Å². The zero-order chi connectivity index (χ0) is 15.8. The largest absolute Gasteiger partial charge is 0.483 e. The van der Waals surface area contributed by atoms with Gasteiger partial charge in [-0.05, 0) is 27.2 Å². The molecule has 7 heteroatoms. The van der Waals surface area contributed by atoms with Crippen molar-refractivity contribution in [1.29, 1.82) is 0 Å². The molecule has 1 rings (SSSR count). The van der Waals surface area contributed by atoms with E-state index in [0.717, 1.165) is 19.5 Å². The monoisotopic (exact) mass is 288 g/mol. The van der Waals surface area contributed by atoms with E-state index in [1.165, 1.54) is 0 Å². The lowest BCUT2D eigenvalue weighted by atomic mass is 10.1. The maximum absolute atomic E-state index is 11.5. The summed E-state index contributed by atoms with van der Waals surface area (Å²) < 4.78 is 0. The number of aliphatic carboxylic acids is 1. The first kappa shape index (κ1) is 18.4. The molecule has 1 aliphatic rings. The molecule has 1 atom stereocenters. The van der Waals surface area contributed by atoms with Crippen LogP contribution in [0.5, 0.6) is 0 Å². The van der Waals surface area contributed by atoms with Crippen LogP contribution in [0.2, 0.25) is 0 Å². The summed E-state index contributed by atoms with van der Waals surface area (Å²) in [6.45, 7) is 8.04. The Morgan fingerprint density at radius 1 is 1.35 bits per heavy atom. The van der Waals surface area contributed by atoms with Crippen molar-refractivity contribution in [1.82, 2.24) is 10.2 Å². The Hall–Kier alpha value is -1.63. The highest BCUT2D eigenvalue weighted by Gasteiger charge is 2.30. The summed E-state index contributed by atoms with van der Waals surface area (Å²) in [5.74, 6) is -1.09. The number of likely N-dealkylation sites (tertiary alicyclic amines) is 1. The number of nitrogens with zero attached hydrogens (tertiary/aromatic N) is 1. The van der Waals surface area contributed by atoms with Crippen LogP contribution in [0.1, 0.15) is 40.0 Å². The van der Waals surface area contributed by atoms with Gasteiger partial charge in [0.25, 0.3) is 6.47 Å². The second-order valence-corrected chi connectivity index (χ2v) is 5.67. The molecule has 0 aliphatic carbocycles. The standard InChI is InChI=1S/C12H22N2O3.CH2O2/c1-12(2,3)14-7-6-9(8-14)13-10(15)4-5-11(16)17;2-1-3/h9H,4-8H2,1-3H3,(H,13,15)(H,16,17);1H,(H,2,3). The van der Waals surface area contributed by atoms with Crippen molar-refractivity contribution < 1.29 is 24.6 Å². The molecular weight excluding hydrogens is 264 g/mol. The first-order chi connectivity index (χ1) is 9.20. The van der Waals surface area contributed by atoms with Crippen molar-refractivity contribution in [2.24, 2.45) is 0 Å². The van der Waals surface area contributed by atoms with E-state index in [0.29, 0.717) is 0 Å². The minimum Gasteiger partial charge on any atom is -0.483 e. The predicted molar refractivity (Wildman–Crippen MR) is 73.4 cm³/mol. The van der Waals surface area contributed by atoms with E-state index < -0.39 is 5.97 Å². The zero-order valence-corrected chi connectivity index (χ0v) is 12.3. The van der Waals surface area contributed by atoms with Crippen LogP contribution in [0, 0.1) is 0 Å². The quantitative estimate of drug-likeness (QED) is 0.652. The fourth-order valence-electron chi connectivity index (χ4n) is 2.01. The van der Waals surface area contributed by atoms with Gasteiger partial charge in [0.1, 0.15) is 0 Å². The molecule has 0 bridgehead atoms. The third-order valence-electron chi connectivity index (χ3n) is 3.07. The van der Waals surface area contributed by atoms with Gasteiger partial charge in [-0.1, -0.05) is 0 Å². The number of carboxylic acid groups (broad SMARTS) is 2. The highest BCUT2D eigenvalue weighted by atomic mass is 16.4. The van der Waals surface area contributed by atoms with Crippen LogP contribution in [0.15, 0.2) is 0 Å². The van der Waals surface area contributed by atoms with Crippen molar-refractivity contribution in [2.45, 2.75) is 51.6 Å². The number of hydrogen-bond acceptors (Lipinski definition) is 4. The summed E-state index contributed by atoms with van der Waals surface area (Å²) in [4.78, 5) is 32.5. The number of amides is 1. The minimum absolute atomic E-state index is 0.0708. The van der Waals surface area contributed by atoms with E-state index in [9.17, 15) is 9.59 Å². The van der Waals surface area contributed by atoms with Gasteiger partial charge >= 0.3 is 5.97 Å². The number of carboxylic acids is 1. The molecule has 7 nitrogen and oxygen atoms in total. The van der Waals surface area contributed by atoms with Gasteiger partial charge < -0.3 is 15.5 Å². The smallest absolute Gasteiger partial charge is 0.303 e. The molecule has 0 spiro atoms. The normalized spacial score (nSPS) is 18.9. The Balaban J connectivity index is 0.00000110. The van der Waals surface area contributed by atoms with E-state index in [-0.39, 0.29) is 36.8 Å². The summed E-state index contributed by atoms with van der Waals surface area (Å²) in [6, 6.07) is 0.163. The lowest BCUT2D eigenvalue weighted by Crippen LogP contribution is -2.43. The molecule has 116 valence electrons. The van der Waals surface area contributed by atoms with Gasteiger partial charge in [-0.25, -0.2) is 0 Å². The lowest BCUT2D eigenvalue weighted by molar-refractivity contribution is -0.138. The molecule has 0 saturated carbocycles. The number of rotatable bonds is 4. The van der Waals surface area contributed by atoms with Gasteiger partial charge in [0, 0.05) is 31.1 Å². The molecule has 0 radical (unpaired) electrons. The number of hydrogen-bond donors (Lipinski definition) is 3. The first-order valence-corrected chi connectivity index (χ1v) is 6.54. The molecular formula is C13H24N2O5. The molecule has 20 heavy (non-hydrogen) atoms. The molecule has 0 aromatic heterocycles. The zero-order valence-electron chi connectivity index (χ0n) is 12.3. The fourth-order valence-corrected chi connectivity index (χ4v) is 2.01. The van der Waals surface area contributed by atoms with Crippen LogP contribution in [0.3, 0.4) is 0 Å². The van der Waals surface area contributed by atoms with Crippen LogP contribution < -0.4 is 5.32 Å². The fraction of sp³-hybridized carbons (Fsp3) is 0.769. The Morgan fingerprint density at radius 2 is 1.90 bits per heavy atom. The van der Waals surface area contributed by atoms with E-state index >= 15 is 0 Å². The van der Waals surface area contributed by atoms with Gasteiger partial charge in [-0.2, -0.15) is 0 Å². The number of nitrogens with one attached hydrogen (secondary N) is 1. The van der Waals surface area contributed by atoms with E-state index in [1.807, 2.05) is 0 Å². The van der Waals surface area contributed by atoms with E-state index in [2.05, 4.69) is 31.0 Å². The summed E-state index contributed by atoms with van der Waals surface area (Å²) in [7, 11) is 0. The Labute approximate surface area is 119 Å². The molecule has 3 N–H and O–H groups in total. The second-order valence-electron chi connectivity index (χ2n) is 5.67. The summed E-state index contributed by atoms with van der Waals surface area (Å²) in [5, 5.41) is 18.3. The van der Waals surface area contributed by atoms with E-state index in [1.54, 1.807) is 0 Å². The van der Waals surface area contributed by atoms with Gasteiger partial charge in [0.05, 0.1) is 6.42 Å². The highest BCUT2D eigenvalue weighted by molar-refractivity contribution is 5.80. The third kappa shape index (κ3) is 7.73. The molecule has 1 fully saturated rings. The van der Waals surface area contributed by atoms with Crippen molar-refractivity contribution in [2.75, 3.05) is 13.1 Å². The average molecular weight is 288 g/mol. The Kier molecular flexibility index (Phi) is 7.83. The third-order valence-corrected chi connectivity index (χ3v) is 3.07. The molecule has 1 heterocycles. The van der Waals surface area contributed by atoms with Gasteiger partial charge in [-0.3, -0.25) is 19.3 Å². The summed E-state index contributed by atoms with van der Waals surface area (Å²) in [6.07, 6.45) is 0.916. The molecule has 1 saturated heterocycles. The van der Waals surface area contributed by atoms with Crippen LogP contribution in [0.4, 0.5) is 0 Å². The highest BCUT2D eigenvalue weighted by Crippen LogP contribution is 2.20. The van der Waals surface area contributed by atoms with Gasteiger partial charge in [0.15, 0.2) is 0 Å². The molecule has 0 aromatic rings. The topological polar surface area (TPSA) is 107 Å². The van der Waals surface area contributed by atoms with Crippen molar-refractivity contribution >= 4 is 18.3 Å². The van der Waals surface area contributed by atoms with Gasteiger partial charge in [0.2, 0.25) is 5.91 Å². The Bertz CT molecular complexity index is 338. The molecule has 1 unspecified atom stereocenters. The summed E-state index contributed by atoms with van der Waals surface area (Å²) in [5.41, 5.74) is 0.126. The Morgan fingerprint density at radius 3 is 2.30 bits per heavy atom. The SMILES string of the molecule is CC(C)(C)N1CCC(NC(=O)CCC(=O)O)C1.O=CO. The maximum Gasteiger partial charge on any atom is 0.303 e. The second kappa shape index (κ2) is 8.52. The van der Waals surface area contributed by atoms with E-state index in [4.69, 9.17) is 15.0 Å². The van der Waals surface area contributed by atoms with Crippen LogP contribution in [-0.2, 0) is 14.4 Å².